The van der Waals surface area contributed by atoms with Crippen molar-refractivity contribution in [2.45, 2.75) is 65.0 Å². The van der Waals surface area contributed by atoms with E-state index in [0.717, 1.165) is 6.42 Å². The number of piperidine rings is 1. The fourth-order valence-corrected chi connectivity index (χ4v) is 4.18. The van der Waals surface area contributed by atoms with Crippen LogP contribution in [0.4, 0.5) is 0 Å². The first kappa shape index (κ1) is 15.9. The first-order chi connectivity index (χ1) is 9.45. The molecule has 1 N–H and O–H groups in total. The molecule has 1 aromatic rings. The summed E-state index contributed by atoms with van der Waals surface area (Å²) in [5.74, 6) is 0. The Morgan fingerprint density at radius 1 is 1.25 bits per heavy atom. The second kappa shape index (κ2) is 6.54. The van der Waals surface area contributed by atoms with Crippen molar-refractivity contribution >= 4 is 11.3 Å². The highest BCUT2D eigenvalue weighted by molar-refractivity contribution is 7.11. The molecule has 1 saturated heterocycles. The lowest BCUT2D eigenvalue weighted by molar-refractivity contribution is 0.0635. The maximum atomic E-state index is 4.72. The summed E-state index contributed by atoms with van der Waals surface area (Å²) in [4.78, 5) is 8.73. The van der Waals surface area contributed by atoms with Crippen LogP contribution in [0.3, 0.4) is 0 Å². The van der Waals surface area contributed by atoms with Gasteiger partial charge >= 0.3 is 0 Å². The Morgan fingerprint density at radius 3 is 2.40 bits per heavy atom. The minimum atomic E-state index is 0.183. The van der Waals surface area contributed by atoms with Crippen molar-refractivity contribution in [3.63, 3.8) is 0 Å². The van der Waals surface area contributed by atoms with Gasteiger partial charge in [-0.15, -0.1) is 11.3 Å². The zero-order valence-electron chi connectivity index (χ0n) is 13.6. The maximum absolute atomic E-state index is 4.72. The number of nitrogens with one attached hydrogen (secondary N) is 1. The number of aryl methyl sites for hydroxylation is 2. The summed E-state index contributed by atoms with van der Waals surface area (Å²) in [6, 6.07) is 0.450. The van der Waals surface area contributed by atoms with Gasteiger partial charge in [-0.25, -0.2) is 4.98 Å². The van der Waals surface area contributed by atoms with Crippen LogP contribution in [0.25, 0.3) is 0 Å². The molecule has 0 spiro atoms. The molecule has 3 nitrogen and oxygen atoms in total. The molecule has 1 aromatic heterocycles. The topological polar surface area (TPSA) is 28.2 Å². The number of likely N-dealkylation sites (N-methyl/N-ethyl adjacent to an activating group) is 1. The van der Waals surface area contributed by atoms with Crippen LogP contribution in [0.1, 0.15) is 48.7 Å². The van der Waals surface area contributed by atoms with Gasteiger partial charge in [0.2, 0.25) is 0 Å². The molecule has 0 saturated carbocycles. The van der Waals surface area contributed by atoms with Crippen molar-refractivity contribution in [3.8, 4) is 0 Å². The summed E-state index contributed by atoms with van der Waals surface area (Å²) in [5, 5.41) is 4.81. The molecule has 2 heterocycles. The van der Waals surface area contributed by atoms with Crippen LogP contribution in [0.2, 0.25) is 0 Å². The molecular weight excluding hydrogens is 266 g/mol. The van der Waals surface area contributed by atoms with Crippen molar-refractivity contribution in [3.05, 3.63) is 15.6 Å². The SMILES string of the molecule is CNC(Cc1nc(C)c(C)s1)C(C)(C)N1CCCCC1. The maximum Gasteiger partial charge on any atom is 0.0947 e. The van der Waals surface area contributed by atoms with E-state index in [1.54, 1.807) is 0 Å². The van der Waals surface area contributed by atoms with Crippen molar-refractivity contribution in [1.82, 2.24) is 15.2 Å². The number of aromatic nitrogens is 1. The number of hydrogen-bond donors (Lipinski definition) is 1. The Morgan fingerprint density at radius 2 is 1.90 bits per heavy atom. The molecule has 20 heavy (non-hydrogen) atoms. The monoisotopic (exact) mass is 295 g/mol. The third-order valence-corrected chi connectivity index (χ3v) is 5.92. The van der Waals surface area contributed by atoms with Crippen LogP contribution in [0.15, 0.2) is 0 Å². The highest BCUT2D eigenvalue weighted by Gasteiger charge is 2.35. The van der Waals surface area contributed by atoms with Crippen LogP contribution in [-0.4, -0.2) is 41.6 Å². The summed E-state index contributed by atoms with van der Waals surface area (Å²) in [5.41, 5.74) is 1.37. The molecule has 2 rings (SSSR count). The first-order valence-corrected chi connectivity index (χ1v) is 8.62. The van der Waals surface area contributed by atoms with E-state index < -0.39 is 0 Å². The zero-order chi connectivity index (χ0) is 14.8. The molecule has 1 atom stereocenters. The van der Waals surface area contributed by atoms with Crippen LogP contribution in [0.5, 0.6) is 0 Å². The largest absolute Gasteiger partial charge is 0.315 e. The van der Waals surface area contributed by atoms with E-state index in [0.29, 0.717) is 6.04 Å². The third kappa shape index (κ3) is 3.41. The molecule has 1 fully saturated rings. The molecule has 1 unspecified atom stereocenters. The van der Waals surface area contributed by atoms with Crippen LogP contribution in [0, 0.1) is 13.8 Å². The van der Waals surface area contributed by atoms with Crippen LogP contribution < -0.4 is 5.32 Å². The Balaban J connectivity index is 2.09. The summed E-state index contributed by atoms with van der Waals surface area (Å²) in [6.07, 6.45) is 5.10. The molecule has 1 aliphatic heterocycles. The number of rotatable bonds is 5. The normalized spacial score (nSPS) is 19.2. The summed E-state index contributed by atoms with van der Waals surface area (Å²) < 4.78 is 0. The van der Waals surface area contributed by atoms with E-state index in [-0.39, 0.29) is 5.54 Å². The van der Waals surface area contributed by atoms with Crippen molar-refractivity contribution < 1.29 is 0 Å². The molecule has 0 amide bonds. The second-order valence-corrected chi connectivity index (χ2v) is 7.78. The van der Waals surface area contributed by atoms with Gasteiger partial charge in [-0.2, -0.15) is 0 Å². The fraction of sp³-hybridized carbons (Fsp3) is 0.812. The molecular formula is C16H29N3S. The lowest BCUT2D eigenvalue weighted by Crippen LogP contribution is -2.59. The molecule has 0 radical (unpaired) electrons. The molecule has 0 bridgehead atoms. The Hall–Kier alpha value is -0.450. The molecule has 0 aliphatic carbocycles. The third-order valence-electron chi connectivity index (χ3n) is 4.82. The number of hydrogen-bond acceptors (Lipinski definition) is 4. The van der Waals surface area contributed by atoms with Crippen molar-refractivity contribution in [2.24, 2.45) is 0 Å². The fourth-order valence-electron chi connectivity index (χ4n) is 3.20. The van der Waals surface area contributed by atoms with E-state index in [2.05, 4.69) is 45.0 Å². The average Bonchev–Trinajstić information content (AvgIpc) is 2.75. The predicted molar refractivity (Wildman–Crippen MR) is 87.6 cm³/mol. The Labute approximate surface area is 127 Å². The van der Waals surface area contributed by atoms with Gasteiger partial charge in [-0.1, -0.05) is 6.42 Å². The molecule has 4 heteroatoms. The van der Waals surface area contributed by atoms with Crippen LogP contribution in [-0.2, 0) is 6.42 Å². The van der Waals surface area contributed by atoms with Gasteiger partial charge in [0.15, 0.2) is 0 Å². The smallest absolute Gasteiger partial charge is 0.0947 e. The number of thiazole rings is 1. The molecule has 0 aromatic carbocycles. The second-order valence-electron chi connectivity index (χ2n) is 6.50. The Kier molecular flexibility index (Phi) is 5.21. The lowest BCUT2D eigenvalue weighted by atomic mass is 9.88. The number of likely N-dealkylation sites (tertiary alicyclic amines) is 1. The minimum Gasteiger partial charge on any atom is -0.315 e. The van der Waals surface area contributed by atoms with E-state index in [4.69, 9.17) is 4.98 Å². The Bertz CT molecular complexity index is 413. The summed E-state index contributed by atoms with van der Waals surface area (Å²) >= 11 is 1.85. The van der Waals surface area contributed by atoms with E-state index in [9.17, 15) is 0 Å². The quantitative estimate of drug-likeness (QED) is 0.904. The van der Waals surface area contributed by atoms with Gasteiger partial charge in [-0.3, -0.25) is 4.90 Å². The number of nitrogens with zero attached hydrogens (tertiary/aromatic N) is 2. The molecule has 1 aliphatic rings. The summed E-state index contributed by atoms with van der Waals surface area (Å²) in [6.45, 7) is 11.5. The van der Waals surface area contributed by atoms with Gasteiger partial charge in [0.1, 0.15) is 0 Å². The van der Waals surface area contributed by atoms with Gasteiger partial charge in [0.05, 0.1) is 10.7 Å². The van der Waals surface area contributed by atoms with Gasteiger partial charge in [0.25, 0.3) is 0 Å². The highest BCUT2D eigenvalue weighted by Crippen LogP contribution is 2.27. The lowest BCUT2D eigenvalue weighted by Gasteiger charge is -2.45. The van der Waals surface area contributed by atoms with E-state index >= 15 is 0 Å². The van der Waals surface area contributed by atoms with E-state index in [1.165, 1.54) is 47.9 Å². The van der Waals surface area contributed by atoms with Crippen molar-refractivity contribution in [2.75, 3.05) is 20.1 Å². The zero-order valence-corrected chi connectivity index (χ0v) is 14.4. The standard InChI is InChI=1S/C16H29N3S/c1-12-13(2)20-15(18-12)11-14(17-5)16(3,4)19-9-7-6-8-10-19/h14,17H,6-11H2,1-5H3. The van der Waals surface area contributed by atoms with Crippen LogP contribution >= 0.6 is 11.3 Å². The van der Waals surface area contributed by atoms with Gasteiger partial charge in [0, 0.05) is 22.9 Å². The summed E-state index contributed by atoms with van der Waals surface area (Å²) in [7, 11) is 2.09. The highest BCUT2D eigenvalue weighted by atomic mass is 32.1. The molecule has 114 valence electrons. The van der Waals surface area contributed by atoms with Gasteiger partial charge < -0.3 is 5.32 Å². The van der Waals surface area contributed by atoms with Gasteiger partial charge in [-0.05, 0) is 60.7 Å². The van der Waals surface area contributed by atoms with E-state index in [1.807, 2.05) is 11.3 Å². The predicted octanol–water partition coefficient (Wildman–Crippen LogP) is 3.15. The van der Waals surface area contributed by atoms with Crippen molar-refractivity contribution in [1.29, 1.82) is 0 Å². The minimum absolute atomic E-state index is 0.183. The first-order valence-electron chi connectivity index (χ1n) is 7.80. The average molecular weight is 295 g/mol.